The van der Waals surface area contributed by atoms with Crippen molar-refractivity contribution in [2.75, 3.05) is 0 Å². The Morgan fingerprint density at radius 1 is 1.41 bits per heavy atom. The van der Waals surface area contributed by atoms with Gasteiger partial charge in [0.15, 0.2) is 0 Å². The van der Waals surface area contributed by atoms with E-state index in [-0.39, 0.29) is 5.92 Å². The standard InChI is InChI=1S/C15H26O2/c1-6-11(2)15(13(16)17)9-7-12(8-10-15)14(3,4)5/h6,11-12H,1,7-10H2,2-5H3,(H,16,17). The molecule has 1 saturated carbocycles. The average molecular weight is 238 g/mol. The van der Waals surface area contributed by atoms with Gasteiger partial charge in [-0.1, -0.05) is 33.8 Å². The lowest BCUT2D eigenvalue weighted by Crippen LogP contribution is -2.42. The van der Waals surface area contributed by atoms with Gasteiger partial charge in [-0.05, 0) is 42.9 Å². The first kappa shape index (κ1) is 14.3. The molecule has 0 spiro atoms. The fraction of sp³-hybridized carbons (Fsp3) is 0.800. The van der Waals surface area contributed by atoms with Crippen LogP contribution in [-0.2, 0) is 4.79 Å². The summed E-state index contributed by atoms with van der Waals surface area (Å²) in [6, 6.07) is 0. The minimum atomic E-state index is -0.641. The maximum Gasteiger partial charge on any atom is 0.310 e. The van der Waals surface area contributed by atoms with E-state index in [2.05, 4.69) is 27.4 Å². The number of aliphatic carboxylic acids is 1. The van der Waals surface area contributed by atoms with Crippen LogP contribution in [0, 0.1) is 22.7 Å². The average Bonchev–Trinajstić information content (AvgIpc) is 2.26. The van der Waals surface area contributed by atoms with Crippen molar-refractivity contribution < 1.29 is 9.90 Å². The van der Waals surface area contributed by atoms with Crippen LogP contribution in [0.1, 0.15) is 53.4 Å². The third-order valence-electron chi connectivity index (χ3n) is 4.75. The summed E-state index contributed by atoms with van der Waals surface area (Å²) in [6.07, 6.45) is 5.42. The number of carboxylic acid groups (broad SMARTS) is 1. The molecule has 1 fully saturated rings. The molecule has 0 aromatic carbocycles. The normalized spacial score (nSPS) is 31.9. The molecule has 1 aliphatic rings. The highest BCUT2D eigenvalue weighted by Gasteiger charge is 2.46. The number of hydrogen-bond donors (Lipinski definition) is 1. The van der Waals surface area contributed by atoms with E-state index in [4.69, 9.17) is 0 Å². The third-order valence-corrected chi connectivity index (χ3v) is 4.75. The van der Waals surface area contributed by atoms with Crippen LogP contribution < -0.4 is 0 Å². The summed E-state index contributed by atoms with van der Waals surface area (Å²) in [5.41, 5.74) is -0.272. The Hall–Kier alpha value is -0.790. The molecule has 0 aromatic heterocycles. The molecular formula is C15H26O2. The van der Waals surface area contributed by atoms with E-state index in [9.17, 15) is 9.90 Å². The summed E-state index contributed by atoms with van der Waals surface area (Å²) >= 11 is 0. The van der Waals surface area contributed by atoms with Gasteiger partial charge in [0.25, 0.3) is 0 Å². The minimum absolute atomic E-state index is 0.0564. The van der Waals surface area contributed by atoms with Crippen molar-refractivity contribution in [1.29, 1.82) is 0 Å². The van der Waals surface area contributed by atoms with Crippen molar-refractivity contribution in [1.82, 2.24) is 0 Å². The summed E-state index contributed by atoms with van der Waals surface area (Å²) in [5, 5.41) is 9.53. The molecule has 1 N–H and O–H groups in total. The lowest BCUT2D eigenvalue weighted by molar-refractivity contribution is -0.155. The fourth-order valence-corrected chi connectivity index (χ4v) is 3.09. The second-order valence-corrected chi connectivity index (χ2v) is 6.63. The van der Waals surface area contributed by atoms with Gasteiger partial charge in [0.05, 0.1) is 5.41 Å². The van der Waals surface area contributed by atoms with Gasteiger partial charge in [0.2, 0.25) is 0 Å². The summed E-state index contributed by atoms with van der Waals surface area (Å²) in [5.74, 6) is 0.0603. The first-order valence-corrected chi connectivity index (χ1v) is 6.60. The van der Waals surface area contributed by atoms with Crippen molar-refractivity contribution in [3.8, 4) is 0 Å². The molecule has 0 aliphatic heterocycles. The van der Waals surface area contributed by atoms with Gasteiger partial charge < -0.3 is 5.11 Å². The zero-order valence-corrected chi connectivity index (χ0v) is 11.6. The van der Waals surface area contributed by atoms with Crippen LogP contribution in [-0.4, -0.2) is 11.1 Å². The van der Waals surface area contributed by atoms with Crippen molar-refractivity contribution in [2.24, 2.45) is 22.7 Å². The van der Waals surface area contributed by atoms with Gasteiger partial charge in [0.1, 0.15) is 0 Å². The zero-order chi connectivity index (χ0) is 13.3. The van der Waals surface area contributed by atoms with Gasteiger partial charge >= 0.3 is 5.97 Å². The van der Waals surface area contributed by atoms with Crippen LogP contribution in [0.25, 0.3) is 0 Å². The molecule has 0 amide bonds. The van der Waals surface area contributed by atoms with Crippen LogP contribution in [0.2, 0.25) is 0 Å². The molecular weight excluding hydrogens is 212 g/mol. The molecule has 0 radical (unpaired) electrons. The molecule has 2 heteroatoms. The SMILES string of the molecule is C=CC(C)C1(C(=O)O)CCC(C(C)(C)C)CC1. The highest BCUT2D eigenvalue weighted by Crippen LogP contribution is 2.49. The monoisotopic (exact) mass is 238 g/mol. The molecule has 1 rings (SSSR count). The first-order chi connectivity index (χ1) is 7.74. The maximum absolute atomic E-state index is 11.6. The molecule has 0 saturated heterocycles. The van der Waals surface area contributed by atoms with Crippen molar-refractivity contribution in [3.63, 3.8) is 0 Å². The molecule has 1 aliphatic carbocycles. The molecule has 0 heterocycles. The highest BCUT2D eigenvalue weighted by atomic mass is 16.4. The Morgan fingerprint density at radius 2 is 1.88 bits per heavy atom. The third kappa shape index (κ3) is 2.72. The number of carbonyl (C=O) groups is 1. The second kappa shape index (κ2) is 4.83. The summed E-state index contributed by atoms with van der Waals surface area (Å²) < 4.78 is 0. The summed E-state index contributed by atoms with van der Waals surface area (Å²) in [4.78, 5) is 11.6. The number of hydrogen-bond acceptors (Lipinski definition) is 1. The van der Waals surface area contributed by atoms with E-state index < -0.39 is 11.4 Å². The quantitative estimate of drug-likeness (QED) is 0.751. The van der Waals surface area contributed by atoms with E-state index in [1.807, 2.05) is 6.92 Å². The van der Waals surface area contributed by atoms with Gasteiger partial charge in [-0.25, -0.2) is 0 Å². The Bertz CT molecular complexity index is 291. The van der Waals surface area contributed by atoms with E-state index in [0.717, 1.165) is 25.7 Å². The zero-order valence-electron chi connectivity index (χ0n) is 11.6. The Labute approximate surface area is 105 Å². The summed E-state index contributed by atoms with van der Waals surface area (Å²) in [6.45, 7) is 12.5. The first-order valence-electron chi connectivity index (χ1n) is 6.60. The van der Waals surface area contributed by atoms with Crippen molar-refractivity contribution >= 4 is 5.97 Å². The highest BCUT2D eigenvalue weighted by molar-refractivity contribution is 5.75. The fourth-order valence-electron chi connectivity index (χ4n) is 3.09. The molecule has 2 nitrogen and oxygen atoms in total. The molecule has 1 atom stereocenters. The van der Waals surface area contributed by atoms with Gasteiger partial charge in [0, 0.05) is 0 Å². The van der Waals surface area contributed by atoms with Crippen LogP contribution in [0.4, 0.5) is 0 Å². The van der Waals surface area contributed by atoms with E-state index in [1.165, 1.54) is 0 Å². The maximum atomic E-state index is 11.6. The Balaban J connectivity index is 2.82. The van der Waals surface area contributed by atoms with Gasteiger partial charge in [-0.3, -0.25) is 4.79 Å². The van der Waals surface area contributed by atoms with Crippen LogP contribution in [0.5, 0.6) is 0 Å². The predicted octanol–water partition coefficient (Wildman–Crippen LogP) is 4.12. The van der Waals surface area contributed by atoms with Crippen LogP contribution in [0.15, 0.2) is 12.7 Å². The number of carboxylic acids is 1. The molecule has 1 unspecified atom stereocenters. The second-order valence-electron chi connectivity index (χ2n) is 6.63. The van der Waals surface area contributed by atoms with Crippen molar-refractivity contribution in [2.45, 2.75) is 53.4 Å². The Kier molecular flexibility index (Phi) is 4.06. The van der Waals surface area contributed by atoms with Crippen LogP contribution in [0.3, 0.4) is 0 Å². The number of rotatable bonds is 3. The van der Waals surface area contributed by atoms with E-state index >= 15 is 0 Å². The lowest BCUT2D eigenvalue weighted by Gasteiger charge is -2.44. The largest absolute Gasteiger partial charge is 0.481 e. The summed E-state index contributed by atoms with van der Waals surface area (Å²) in [7, 11) is 0. The van der Waals surface area contributed by atoms with Gasteiger partial charge in [-0.2, -0.15) is 0 Å². The minimum Gasteiger partial charge on any atom is -0.481 e. The molecule has 17 heavy (non-hydrogen) atoms. The molecule has 98 valence electrons. The smallest absolute Gasteiger partial charge is 0.310 e. The van der Waals surface area contributed by atoms with Crippen LogP contribution >= 0.6 is 0 Å². The van der Waals surface area contributed by atoms with E-state index in [1.54, 1.807) is 6.08 Å². The predicted molar refractivity (Wildman–Crippen MR) is 70.8 cm³/mol. The topological polar surface area (TPSA) is 37.3 Å². The van der Waals surface area contributed by atoms with Gasteiger partial charge in [-0.15, -0.1) is 6.58 Å². The molecule has 0 bridgehead atoms. The van der Waals surface area contributed by atoms with Crippen molar-refractivity contribution in [3.05, 3.63) is 12.7 Å². The molecule has 0 aromatic rings. The van der Waals surface area contributed by atoms with E-state index in [0.29, 0.717) is 11.3 Å². The lowest BCUT2D eigenvalue weighted by atomic mass is 9.60. The Morgan fingerprint density at radius 3 is 2.18 bits per heavy atom. The number of allylic oxidation sites excluding steroid dienone is 1.